The Balaban J connectivity index is 1.73. The third kappa shape index (κ3) is 8.10. The fraction of sp³-hybridized carbons (Fsp3) is 0.375. The van der Waals surface area contributed by atoms with Gasteiger partial charge in [-0.05, 0) is 43.0 Å². The number of aryl methyl sites for hydroxylation is 1. The van der Waals surface area contributed by atoms with Crippen molar-refractivity contribution in [3.63, 3.8) is 0 Å². The molecule has 0 saturated heterocycles. The fourth-order valence-corrected chi connectivity index (χ4v) is 6.10. The van der Waals surface area contributed by atoms with E-state index in [9.17, 15) is 18.0 Å². The molecule has 9 heteroatoms. The minimum Gasteiger partial charge on any atom is -0.495 e. The van der Waals surface area contributed by atoms with Crippen LogP contribution in [0.25, 0.3) is 0 Å². The van der Waals surface area contributed by atoms with Gasteiger partial charge in [0.1, 0.15) is 18.3 Å². The summed E-state index contributed by atoms with van der Waals surface area (Å²) in [6, 6.07) is 23.3. The van der Waals surface area contributed by atoms with E-state index in [0.29, 0.717) is 12.2 Å². The van der Waals surface area contributed by atoms with Crippen molar-refractivity contribution >= 4 is 27.5 Å². The number of para-hydroxylation sites is 2. The highest BCUT2D eigenvalue weighted by molar-refractivity contribution is 7.92. The molecule has 1 aliphatic rings. The van der Waals surface area contributed by atoms with E-state index in [0.717, 1.165) is 52.9 Å². The van der Waals surface area contributed by atoms with Crippen LogP contribution in [-0.4, -0.2) is 57.1 Å². The number of nitrogens with zero attached hydrogens (tertiary/aromatic N) is 2. The maximum absolute atomic E-state index is 14.2. The molecule has 0 bridgehead atoms. The molecule has 41 heavy (non-hydrogen) atoms. The third-order valence-electron chi connectivity index (χ3n) is 7.48. The second-order valence-corrected chi connectivity index (χ2v) is 12.6. The third-order valence-corrected chi connectivity index (χ3v) is 8.61. The molecule has 218 valence electrons. The highest BCUT2D eigenvalue weighted by Gasteiger charge is 2.34. The molecule has 1 saturated carbocycles. The van der Waals surface area contributed by atoms with Crippen LogP contribution in [0.1, 0.15) is 42.4 Å². The van der Waals surface area contributed by atoms with Gasteiger partial charge in [0.15, 0.2) is 0 Å². The van der Waals surface area contributed by atoms with Gasteiger partial charge in [0.05, 0.1) is 19.1 Å². The fourth-order valence-electron chi connectivity index (χ4n) is 5.24. The molecule has 1 aliphatic carbocycles. The highest BCUT2D eigenvalue weighted by atomic mass is 32.2. The summed E-state index contributed by atoms with van der Waals surface area (Å²) < 4.78 is 32.5. The summed E-state index contributed by atoms with van der Waals surface area (Å²) in [5.74, 6) is -0.385. The van der Waals surface area contributed by atoms with Crippen molar-refractivity contribution in [1.29, 1.82) is 0 Å². The molecule has 0 spiro atoms. The molecular weight excluding hydrogens is 538 g/mol. The van der Waals surface area contributed by atoms with Gasteiger partial charge in [0.25, 0.3) is 0 Å². The van der Waals surface area contributed by atoms with Gasteiger partial charge in [-0.3, -0.25) is 13.9 Å². The van der Waals surface area contributed by atoms with Gasteiger partial charge in [-0.1, -0.05) is 85.1 Å². The number of ether oxygens (including phenoxy) is 1. The van der Waals surface area contributed by atoms with Crippen LogP contribution in [0.3, 0.4) is 0 Å². The van der Waals surface area contributed by atoms with Crippen LogP contribution in [-0.2, 0) is 32.6 Å². The van der Waals surface area contributed by atoms with E-state index in [-0.39, 0.29) is 24.2 Å². The first-order valence-electron chi connectivity index (χ1n) is 14.0. The highest BCUT2D eigenvalue weighted by Crippen LogP contribution is 2.30. The monoisotopic (exact) mass is 577 g/mol. The molecular formula is C32H39N3O5S. The van der Waals surface area contributed by atoms with E-state index in [1.54, 1.807) is 24.3 Å². The Bertz CT molecular complexity index is 1420. The second kappa shape index (κ2) is 13.7. The molecule has 0 radical (unpaired) electrons. The Kier molecular flexibility index (Phi) is 10.0. The molecule has 1 atom stereocenters. The SMILES string of the molecule is COc1ccccc1N(CC(=O)N(Cc1ccc(C)cc1)[C@@H](Cc1ccccc1)C(=O)NC1CCCC1)S(C)(=O)=O. The van der Waals surface area contributed by atoms with Crippen LogP contribution in [0.2, 0.25) is 0 Å². The summed E-state index contributed by atoms with van der Waals surface area (Å²) in [6.45, 7) is 1.66. The Morgan fingerprint density at radius 2 is 1.56 bits per heavy atom. The molecule has 1 N–H and O–H groups in total. The summed E-state index contributed by atoms with van der Waals surface area (Å²) in [7, 11) is -2.42. The van der Waals surface area contributed by atoms with Crippen molar-refractivity contribution in [2.45, 2.75) is 57.7 Å². The Morgan fingerprint density at radius 1 is 0.927 bits per heavy atom. The van der Waals surface area contributed by atoms with Gasteiger partial charge in [-0.15, -0.1) is 0 Å². The number of hydrogen-bond donors (Lipinski definition) is 1. The lowest BCUT2D eigenvalue weighted by Crippen LogP contribution is -2.54. The summed E-state index contributed by atoms with van der Waals surface area (Å²) in [5.41, 5.74) is 3.09. The summed E-state index contributed by atoms with van der Waals surface area (Å²) in [4.78, 5) is 29.6. The maximum atomic E-state index is 14.2. The number of carbonyl (C=O) groups is 2. The average Bonchev–Trinajstić information content (AvgIpc) is 3.47. The molecule has 4 rings (SSSR count). The van der Waals surface area contributed by atoms with Crippen LogP contribution in [0.15, 0.2) is 78.9 Å². The van der Waals surface area contributed by atoms with Gasteiger partial charge in [0.2, 0.25) is 21.8 Å². The van der Waals surface area contributed by atoms with Crippen molar-refractivity contribution in [2.75, 3.05) is 24.2 Å². The van der Waals surface area contributed by atoms with Crippen molar-refractivity contribution in [3.8, 4) is 5.75 Å². The lowest BCUT2D eigenvalue weighted by molar-refractivity contribution is -0.140. The Hall–Kier alpha value is -3.85. The predicted octanol–water partition coefficient (Wildman–Crippen LogP) is 4.47. The first kappa shape index (κ1) is 30.1. The smallest absolute Gasteiger partial charge is 0.244 e. The van der Waals surface area contributed by atoms with Crippen LogP contribution >= 0.6 is 0 Å². The van der Waals surface area contributed by atoms with Crippen LogP contribution in [0, 0.1) is 6.92 Å². The van der Waals surface area contributed by atoms with Crippen molar-refractivity contribution < 1.29 is 22.7 Å². The van der Waals surface area contributed by atoms with Gasteiger partial charge in [-0.2, -0.15) is 0 Å². The maximum Gasteiger partial charge on any atom is 0.244 e. The van der Waals surface area contributed by atoms with E-state index in [2.05, 4.69) is 5.32 Å². The zero-order chi connectivity index (χ0) is 29.4. The number of amides is 2. The summed E-state index contributed by atoms with van der Waals surface area (Å²) >= 11 is 0. The average molecular weight is 578 g/mol. The number of benzene rings is 3. The molecule has 0 unspecified atom stereocenters. The lowest BCUT2D eigenvalue weighted by atomic mass is 10.0. The number of hydrogen-bond acceptors (Lipinski definition) is 5. The summed E-state index contributed by atoms with van der Waals surface area (Å²) in [5, 5.41) is 3.18. The standard InChI is InChI=1S/C32H39N3O5S/c1-24-17-19-26(20-18-24)22-34(31(36)23-35(41(3,38)39)28-15-9-10-16-30(28)40-2)29(21-25-11-5-4-6-12-25)32(37)33-27-13-7-8-14-27/h4-6,9-12,15-20,27,29H,7-8,13-14,21-23H2,1-3H3,(H,33,37)/t29-/m0/s1. The zero-order valence-electron chi connectivity index (χ0n) is 24.0. The Labute approximate surface area is 243 Å². The number of methoxy groups -OCH3 is 1. The predicted molar refractivity (Wildman–Crippen MR) is 161 cm³/mol. The van der Waals surface area contributed by atoms with Crippen molar-refractivity contribution in [3.05, 3.63) is 95.6 Å². The van der Waals surface area contributed by atoms with Crippen LogP contribution in [0.5, 0.6) is 5.75 Å². The number of anilines is 1. The molecule has 0 heterocycles. The van der Waals surface area contributed by atoms with E-state index >= 15 is 0 Å². The normalized spacial score (nSPS) is 14.3. The van der Waals surface area contributed by atoms with Gasteiger partial charge < -0.3 is 15.0 Å². The lowest BCUT2D eigenvalue weighted by Gasteiger charge is -2.34. The zero-order valence-corrected chi connectivity index (χ0v) is 24.8. The van der Waals surface area contributed by atoms with Gasteiger partial charge in [0, 0.05) is 19.0 Å². The van der Waals surface area contributed by atoms with Gasteiger partial charge >= 0.3 is 0 Å². The number of rotatable bonds is 12. The topological polar surface area (TPSA) is 96.0 Å². The minimum atomic E-state index is -3.88. The number of nitrogens with one attached hydrogen (secondary N) is 1. The van der Waals surface area contributed by atoms with Crippen LogP contribution < -0.4 is 14.4 Å². The van der Waals surface area contributed by atoms with E-state index in [1.807, 2.05) is 61.5 Å². The largest absolute Gasteiger partial charge is 0.495 e. The van der Waals surface area contributed by atoms with E-state index in [1.165, 1.54) is 12.0 Å². The molecule has 0 aromatic heterocycles. The van der Waals surface area contributed by atoms with Crippen LogP contribution in [0.4, 0.5) is 5.69 Å². The summed E-state index contributed by atoms with van der Waals surface area (Å²) in [6.07, 6.45) is 5.29. The molecule has 2 amide bonds. The second-order valence-electron chi connectivity index (χ2n) is 10.6. The first-order chi connectivity index (χ1) is 19.7. The molecule has 8 nitrogen and oxygen atoms in total. The Morgan fingerprint density at radius 3 is 2.20 bits per heavy atom. The van der Waals surface area contributed by atoms with Gasteiger partial charge in [-0.25, -0.2) is 8.42 Å². The molecule has 3 aromatic carbocycles. The van der Waals surface area contributed by atoms with E-state index < -0.39 is 28.5 Å². The molecule has 1 fully saturated rings. The molecule has 3 aromatic rings. The quantitative estimate of drug-likeness (QED) is 0.343. The number of carbonyl (C=O) groups excluding carboxylic acids is 2. The van der Waals surface area contributed by atoms with E-state index in [4.69, 9.17) is 4.74 Å². The minimum absolute atomic E-state index is 0.0678. The number of sulfonamides is 1. The first-order valence-corrected chi connectivity index (χ1v) is 15.8. The molecule has 0 aliphatic heterocycles. The van der Waals surface area contributed by atoms with Crippen molar-refractivity contribution in [2.24, 2.45) is 0 Å². The van der Waals surface area contributed by atoms with Crippen molar-refractivity contribution in [1.82, 2.24) is 10.2 Å².